The van der Waals surface area contributed by atoms with E-state index in [1.165, 1.54) is 5.56 Å². The molecule has 0 unspecified atom stereocenters. The Morgan fingerprint density at radius 3 is 2.42 bits per heavy atom. The SMILES string of the molecule is CCOCCCNC(=O)c1cc(NC(=O)c2ccc(Cl)cc2)ccc1N1CCC(Cc2ccccc2)CC1. The van der Waals surface area contributed by atoms with Crippen molar-refractivity contribution < 1.29 is 14.3 Å². The Labute approximate surface area is 230 Å². The first kappa shape index (κ1) is 27.7. The van der Waals surface area contributed by atoms with Gasteiger partial charge >= 0.3 is 0 Å². The van der Waals surface area contributed by atoms with Gasteiger partial charge in [-0.25, -0.2) is 0 Å². The second-order valence-corrected chi connectivity index (χ2v) is 10.1. The molecule has 2 amide bonds. The Balaban J connectivity index is 1.46. The van der Waals surface area contributed by atoms with Gasteiger partial charge in [-0.2, -0.15) is 0 Å². The molecule has 1 aliphatic heterocycles. The molecule has 1 saturated heterocycles. The number of amides is 2. The van der Waals surface area contributed by atoms with Crippen molar-refractivity contribution >= 4 is 34.8 Å². The fraction of sp³-hybridized carbons (Fsp3) is 0.355. The third-order valence-corrected chi connectivity index (χ3v) is 7.13. The number of benzene rings is 3. The van der Waals surface area contributed by atoms with E-state index < -0.39 is 0 Å². The second-order valence-electron chi connectivity index (χ2n) is 9.62. The van der Waals surface area contributed by atoms with Crippen molar-refractivity contribution in [2.24, 2.45) is 5.92 Å². The van der Waals surface area contributed by atoms with Gasteiger partial charge < -0.3 is 20.3 Å². The van der Waals surface area contributed by atoms with Crippen LogP contribution in [0.15, 0.2) is 72.8 Å². The quantitative estimate of drug-likeness (QED) is 0.287. The number of nitrogens with zero attached hydrogens (tertiary/aromatic N) is 1. The summed E-state index contributed by atoms with van der Waals surface area (Å²) < 4.78 is 5.39. The van der Waals surface area contributed by atoms with Crippen LogP contribution in [0.3, 0.4) is 0 Å². The molecule has 1 fully saturated rings. The van der Waals surface area contributed by atoms with Crippen LogP contribution in [0.5, 0.6) is 0 Å². The average Bonchev–Trinajstić information content (AvgIpc) is 2.94. The summed E-state index contributed by atoms with van der Waals surface area (Å²) in [5.41, 5.74) is 3.92. The summed E-state index contributed by atoms with van der Waals surface area (Å²) in [7, 11) is 0. The maximum Gasteiger partial charge on any atom is 0.255 e. The molecule has 1 heterocycles. The molecule has 200 valence electrons. The molecule has 0 saturated carbocycles. The standard InChI is InChI=1S/C31H36ClN3O3/c1-2-38-20-6-17-33-31(37)28-22-27(34-30(36)25-9-11-26(32)12-10-25)13-14-29(28)35-18-15-24(16-19-35)21-23-7-4-3-5-8-23/h3-5,7-14,22,24H,2,6,15-21H2,1H3,(H,33,37)(H,34,36). The van der Waals surface area contributed by atoms with E-state index in [-0.39, 0.29) is 11.8 Å². The van der Waals surface area contributed by atoms with Crippen LogP contribution in [0.4, 0.5) is 11.4 Å². The zero-order valence-electron chi connectivity index (χ0n) is 21.9. The minimum Gasteiger partial charge on any atom is -0.382 e. The highest BCUT2D eigenvalue weighted by Gasteiger charge is 2.24. The second kappa shape index (κ2) is 14.0. The summed E-state index contributed by atoms with van der Waals surface area (Å²) >= 11 is 5.95. The van der Waals surface area contributed by atoms with Crippen molar-refractivity contribution in [1.29, 1.82) is 0 Å². The number of ether oxygens (including phenoxy) is 1. The van der Waals surface area contributed by atoms with Gasteiger partial charge in [0.05, 0.1) is 5.56 Å². The van der Waals surface area contributed by atoms with Crippen molar-refractivity contribution in [2.75, 3.05) is 43.1 Å². The number of halogens is 1. The number of carbonyl (C=O) groups excluding carboxylic acids is 2. The van der Waals surface area contributed by atoms with Gasteiger partial charge in [0.25, 0.3) is 11.8 Å². The van der Waals surface area contributed by atoms with Gasteiger partial charge in [-0.3, -0.25) is 9.59 Å². The van der Waals surface area contributed by atoms with E-state index in [2.05, 4.69) is 45.9 Å². The summed E-state index contributed by atoms with van der Waals surface area (Å²) in [5.74, 6) is 0.229. The van der Waals surface area contributed by atoms with Crippen molar-refractivity contribution in [1.82, 2.24) is 5.32 Å². The van der Waals surface area contributed by atoms with E-state index in [1.54, 1.807) is 30.3 Å². The van der Waals surface area contributed by atoms with Crippen LogP contribution in [0.2, 0.25) is 5.02 Å². The van der Waals surface area contributed by atoms with Crippen LogP contribution in [0.25, 0.3) is 0 Å². The van der Waals surface area contributed by atoms with E-state index >= 15 is 0 Å². The molecule has 6 nitrogen and oxygen atoms in total. The molecule has 0 spiro atoms. The topological polar surface area (TPSA) is 70.7 Å². The molecule has 38 heavy (non-hydrogen) atoms. The Bertz CT molecular complexity index is 1190. The van der Waals surface area contributed by atoms with Gasteiger partial charge in [-0.05, 0) is 86.6 Å². The fourth-order valence-corrected chi connectivity index (χ4v) is 4.94. The van der Waals surface area contributed by atoms with Gasteiger partial charge in [0.2, 0.25) is 0 Å². The zero-order chi connectivity index (χ0) is 26.7. The van der Waals surface area contributed by atoms with E-state index in [4.69, 9.17) is 16.3 Å². The number of hydrogen-bond acceptors (Lipinski definition) is 4. The van der Waals surface area contributed by atoms with Gasteiger partial charge in [0.15, 0.2) is 0 Å². The average molecular weight is 534 g/mol. The largest absolute Gasteiger partial charge is 0.382 e. The Morgan fingerprint density at radius 1 is 0.974 bits per heavy atom. The molecule has 0 aliphatic carbocycles. The number of anilines is 2. The van der Waals surface area contributed by atoms with E-state index in [0.29, 0.717) is 47.5 Å². The molecule has 0 radical (unpaired) electrons. The van der Waals surface area contributed by atoms with Gasteiger partial charge in [0.1, 0.15) is 0 Å². The van der Waals surface area contributed by atoms with Crippen molar-refractivity contribution in [2.45, 2.75) is 32.6 Å². The lowest BCUT2D eigenvalue weighted by molar-refractivity contribution is 0.0943. The molecule has 7 heteroatoms. The fourth-order valence-electron chi connectivity index (χ4n) is 4.82. The summed E-state index contributed by atoms with van der Waals surface area (Å²) in [6, 6.07) is 22.9. The first-order valence-corrected chi connectivity index (χ1v) is 13.8. The Kier molecular flexibility index (Phi) is 10.2. The smallest absolute Gasteiger partial charge is 0.255 e. The summed E-state index contributed by atoms with van der Waals surface area (Å²) in [6.07, 6.45) is 3.96. The molecule has 3 aromatic rings. The van der Waals surface area contributed by atoms with Crippen molar-refractivity contribution in [3.05, 3.63) is 94.5 Å². The summed E-state index contributed by atoms with van der Waals surface area (Å²) in [5, 5.41) is 6.52. The Hall–Kier alpha value is -3.35. The maximum absolute atomic E-state index is 13.3. The summed E-state index contributed by atoms with van der Waals surface area (Å²) in [6.45, 7) is 5.52. The molecule has 0 aromatic heterocycles. The van der Waals surface area contributed by atoms with Crippen LogP contribution in [-0.4, -0.2) is 44.7 Å². The predicted octanol–water partition coefficient (Wildman–Crippen LogP) is 6.21. The lowest BCUT2D eigenvalue weighted by Gasteiger charge is -2.35. The zero-order valence-corrected chi connectivity index (χ0v) is 22.7. The normalized spacial score (nSPS) is 13.8. The number of nitrogens with one attached hydrogen (secondary N) is 2. The molecule has 0 atom stereocenters. The first-order valence-electron chi connectivity index (χ1n) is 13.4. The highest BCUT2D eigenvalue weighted by atomic mass is 35.5. The van der Waals surface area contributed by atoms with Crippen LogP contribution in [0.1, 0.15) is 52.5 Å². The highest BCUT2D eigenvalue weighted by molar-refractivity contribution is 6.30. The molecular weight excluding hydrogens is 498 g/mol. The molecule has 2 N–H and O–H groups in total. The first-order chi connectivity index (χ1) is 18.5. The van der Waals surface area contributed by atoms with Crippen molar-refractivity contribution in [3.63, 3.8) is 0 Å². The molecule has 4 rings (SSSR count). The lowest BCUT2D eigenvalue weighted by atomic mass is 9.89. The minimum absolute atomic E-state index is 0.148. The van der Waals surface area contributed by atoms with E-state index in [1.807, 2.05) is 19.1 Å². The number of carbonyl (C=O) groups is 2. The number of hydrogen-bond donors (Lipinski definition) is 2. The molecule has 3 aromatic carbocycles. The monoisotopic (exact) mass is 533 g/mol. The van der Waals surface area contributed by atoms with Gasteiger partial charge in [-0.1, -0.05) is 41.9 Å². The third-order valence-electron chi connectivity index (χ3n) is 6.88. The number of piperidine rings is 1. The molecule has 0 bridgehead atoms. The lowest BCUT2D eigenvalue weighted by Crippen LogP contribution is -2.36. The van der Waals surface area contributed by atoms with Gasteiger partial charge in [0, 0.05) is 54.8 Å². The third kappa shape index (κ3) is 7.83. The Morgan fingerprint density at radius 2 is 1.71 bits per heavy atom. The summed E-state index contributed by atoms with van der Waals surface area (Å²) in [4.78, 5) is 28.4. The highest BCUT2D eigenvalue weighted by Crippen LogP contribution is 2.30. The van der Waals surface area contributed by atoms with E-state index in [9.17, 15) is 9.59 Å². The van der Waals surface area contributed by atoms with Crippen LogP contribution in [-0.2, 0) is 11.2 Å². The van der Waals surface area contributed by atoms with Crippen LogP contribution < -0.4 is 15.5 Å². The maximum atomic E-state index is 13.3. The molecular formula is C31H36ClN3O3. The molecule has 1 aliphatic rings. The van der Waals surface area contributed by atoms with Crippen molar-refractivity contribution in [3.8, 4) is 0 Å². The minimum atomic E-state index is -0.251. The predicted molar refractivity (Wildman–Crippen MR) is 154 cm³/mol. The number of rotatable bonds is 11. The van der Waals surface area contributed by atoms with Crippen LogP contribution in [0, 0.1) is 5.92 Å². The van der Waals surface area contributed by atoms with Crippen LogP contribution >= 0.6 is 11.6 Å². The van der Waals surface area contributed by atoms with E-state index in [0.717, 1.165) is 44.5 Å². The van der Waals surface area contributed by atoms with Gasteiger partial charge in [-0.15, -0.1) is 0 Å².